The molecule has 4 rings (SSSR count). The number of rotatable bonds is 10. The minimum Gasteiger partial charge on any atom is -0.482 e. The Balaban J connectivity index is 1.73. The van der Waals surface area contributed by atoms with E-state index in [1.54, 1.807) is 12.1 Å². The van der Waals surface area contributed by atoms with E-state index in [0.717, 1.165) is 22.3 Å². The summed E-state index contributed by atoms with van der Waals surface area (Å²) in [5.74, 6) is -6.08. The number of amides is 1. The third-order valence-corrected chi connectivity index (χ3v) is 6.51. The maximum absolute atomic E-state index is 15.7. The number of carbonyl (C=O) groups is 2. The maximum Gasteiger partial charge on any atom is 0.344 e. The fourth-order valence-corrected chi connectivity index (χ4v) is 4.41. The summed E-state index contributed by atoms with van der Waals surface area (Å²) in [6.45, 7) is 5.64. The molecule has 1 unspecified atom stereocenters. The van der Waals surface area contributed by atoms with Crippen LogP contribution in [0, 0.1) is 18.6 Å². The molecule has 0 aliphatic carbocycles. The van der Waals surface area contributed by atoms with Crippen molar-refractivity contribution in [3.05, 3.63) is 65.2 Å². The second kappa shape index (κ2) is 12.3. The van der Waals surface area contributed by atoms with E-state index < -0.39 is 47.3 Å². The van der Waals surface area contributed by atoms with E-state index in [2.05, 4.69) is 4.98 Å². The summed E-state index contributed by atoms with van der Waals surface area (Å²) in [4.78, 5) is 28.6. The number of aryl methyl sites for hydroxylation is 1. The lowest BCUT2D eigenvalue weighted by molar-refractivity contribution is -0.145. The second-order valence-electron chi connectivity index (χ2n) is 9.57. The fraction of sp³-hybridized carbons (Fsp3) is 0.345. The average Bonchev–Trinajstić information content (AvgIpc) is 3.40. The molecule has 2 heterocycles. The zero-order valence-electron chi connectivity index (χ0n) is 22.4. The Kier molecular flexibility index (Phi) is 8.83. The molecule has 1 saturated heterocycles. The minimum absolute atomic E-state index is 0.000485. The van der Waals surface area contributed by atoms with Gasteiger partial charge in [-0.2, -0.15) is 13.8 Å². The van der Waals surface area contributed by atoms with E-state index >= 15 is 8.78 Å². The van der Waals surface area contributed by atoms with Crippen LogP contribution in [0.3, 0.4) is 0 Å². The van der Waals surface area contributed by atoms with Crippen LogP contribution in [0.1, 0.15) is 37.8 Å². The topological polar surface area (TPSA) is 124 Å². The number of carboxylic acids is 1. The molecule has 0 radical (unpaired) electrons. The Morgan fingerprint density at radius 2 is 1.90 bits per heavy atom. The molecule has 1 aliphatic rings. The lowest BCUT2D eigenvalue weighted by atomic mass is 10.0. The SMILES string of the molecule is CC[C@@H](Oc1nc(Oc2cc(C)cc(-c3cccc(CN)c3)c2)c(F)c(OC2CCN(C(C)=O)C2)c1F)C(=O)O. The number of aromatic nitrogens is 1. The molecule has 0 spiro atoms. The molecule has 1 fully saturated rings. The van der Waals surface area contributed by atoms with Crippen LogP contribution in [0.25, 0.3) is 11.1 Å². The molecule has 1 aliphatic heterocycles. The molecule has 0 bridgehead atoms. The highest BCUT2D eigenvalue weighted by Crippen LogP contribution is 2.38. The first kappa shape index (κ1) is 28.8. The number of likely N-dealkylation sites (tertiary alicyclic amines) is 1. The van der Waals surface area contributed by atoms with E-state index in [1.807, 2.05) is 37.3 Å². The number of ether oxygens (including phenoxy) is 3. The first-order valence-corrected chi connectivity index (χ1v) is 12.9. The molecule has 40 heavy (non-hydrogen) atoms. The number of nitrogens with two attached hydrogens (primary N) is 1. The second-order valence-corrected chi connectivity index (χ2v) is 9.57. The number of halogens is 2. The lowest BCUT2D eigenvalue weighted by Crippen LogP contribution is -2.29. The first-order valence-electron chi connectivity index (χ1n) is 12.9. The van der Waals surface area contributed by atoms with E-state index in [4.69, 9.17) is 19.9 Å². The van der Waals surface area contributed by atoms with Crippen LogP contribution in [0.2, 0.25) is 0 Å². The average molecular weight is 556 g/mol. The highest BCUT2D eigenvalue weighted by atomic mass is 19.1. The van der Waals surface area contributed by atoms with Crippen molar-refractivity contribution in [1.82, 2.24) is 9.88 Å². The van der Waals surface area contributed by atoms with Gasteiger partial charge in [-0.3, -0.25) is 4.79 Å². The number of pyridine rings is 1. The Morgan fingerprint density at radius 3 is 2.55 bits per heavy atom. The van der Waals surface area contributed by atoms with Gasteiger partial charge >= 0.3 is 5.97 Å². The molecular formula is C29H31F2N3O6. The molecule has 3 aromatic rings. The van der Waals surface area contributed by atoms with E-state index in [1.165, 1.54) is 18.7 Å². The normalized spacial score (nSPS) is 15.6. The van der Waals surface area contributed by atoms with Gasteiger partial charge in [0, 0.05) is 26.4 Å². The van der Waals surface area contributed by atoms with Crippen LogP contribution in [0.4, 0.5) is 8.78 Å². The van der Waals surface area contributed by atoms with Crippen molar-refractivity contribution in [3.8, 4) is 34.4 Å². The molecular weight excluding hydrogens is 524 g/mol. The number of benzene rings is 2. The predicted octanol–water partition coefficient (Wildman–Crippen LogP) is 4.83. The summed E-state index contributed by atoms with van der Waals surface area (Å²) in [7, 11) is 0. The van der Waals surface area contributed by atoms with Crippen LogP contribution in [0.15, 0.2) is 42.5 Å². The summed E-state index contributed by atoms with van der Waals surface area (Å²) in [6, 6.07) is 12.8. The minimum atomic E-state index is -1.44. The third-order valence-electron chi connectivity index (χ3n) is 6.51. The van der Waals surface area contributed by atoms with Crippen molar-refractivity contribution in [2.45, 2.75) is 52.4 Å². The zero-order valence-corrected chi connectivity index (χ0v) is 22.4. The summed E-state index contributed by atoms with van der Waals surface area (Å²) in [5.41, 5.74) is 9.13. The number of aliphatic carboxylic acids is 1. The number of hydrogen-bond donors (Lipinski definition) is 2. The Labute approximate surface area is 230 Å². The van der Waals surface area contributed by atoms with E-state index in [-0.39, 0.29) is 24.6 Å². The van der Waals surface area contributed by atoms with Crippen LogP contribution < -0.4 is 19.9 Å². The van der Waals surface area contributed by atoms with Gasteiger partial charge in [0.1, 0.15) is 11.9 Å². The van der Waals surface area contributed by atoms with E-state index in [9.17, 15) is 14.7 Å². The van der Waals surface area contributed by atoms with Gasteiger partial charge in [-0.15, -0.1) is 0 Å². The van der Waals surface area contributed by atoms with Crippen LogP contribution in [-0.4, -0.2) is 52.2 Å². The van der Waals surface area contributed by atoms with Crippen molar-refractivity contribution in [3.63, 3.8) is 0 Å². The largest absolute Gasteiger partial charge is 0.482 e. The van der Waals surface area contributed by atoms with Gasteiger partial charge in [0.15, 0.2) is 6.10 Å². The van der Waals surface area contributed by atoms with Gasteiger partial charge in [0.2, 0.25) is 23.3 Å². The molecule has 212 valence electrons. The van der Waals surface area contributed by atoms with Gasteiger partial charge in [0.25, 0.3) is 11.8 Å². The highest BCUT2D eigenvalue weighted by molar-refractivity contribution is 5.73. The van der Waals surface area contributed by atoms with Gasteiger partial charge in [-0.25, -0.2) is 4.79 Å². The van der Waals surface area contributed by atoms with Gasteiger partial charge in [0.05, 0.1) is 6.54 Å². The molecule has 3 N–H and O–H groups in total. The summed E-state index contributed by atoms with van der Waals surface area (Å²) < 4.78 is 47.9. The van der Waals surface area contributed by atoms with Crippen LogP contribution in [-0.2, 0) is 16.1 Å². The van der Waals surface area contributed by atoms with Crippen LogP contribution >= 0.6 is 0 Å². The maximum atomic E-state index is 15.7. The number of nitrogens with zero attached hydrogens (tertiary/aromatic N) is 2. The van der Waals surface area contributed by atoms with Crippen molar-refractivity contribution in [2.24, 2.45) is 5.73 Å². The Morgan fingerprint density at radius 1 is 1.15 bits per heavy atom. The first-order chi connectivity index (χ1) is 19.1. The Bertz CT molecular complexity index is 1420. The molecule has 11 heteroatoms. The van der Waals surface area contributed by atoms with Crippen molar-refractivity contribution < 1.29 is 37.7 Å². The lowest BCUT2D eigenvalue weighted by Gasteiger charge is -2.20. The fourth-order valence-electron chi connectivity index (χ4n) is 4.41. The zero-order chi connectivity index (χ0) is 29.0. The molecule has 2 atom stereocenters. The molecule has 2 aromatic carbocycles. The summed E-state index contributed by atoms with van der Waals surface area (Å²) in [6.07, 6.45) is -1.78. The Hall–Kier alpha value is -4.25. The number of carboxylic acid groups (broad SMARTS) is 1. The predicted molar refractivity (Wildman–Crippen MR) is 142 cm³/mol. The van der Waals surface area contributed by atoms with Crippen LogP contribution in [0.5, 0.6) is 23.3 Å². The smallest absolute Gasteiger partial charge is 0.344 e. The number of carbonyl (C=O) groups excluding carboxylic acids is 1. The molecule has 9 nitrogen and oxygen atoms in total. The van der Waals surface area contributed by atoms with Crippen molar-refractivity contribution in [1.29, 1.82) is 0 Å². The van der Waals surface area contributed by atoms with Crippen molar-refractivity contribution >= 4 is 11.9 Å². The van der Waals surface area contributed by atoms with Gasteiger partial charge < -0.3 is 30.0 Å². The summed E-state index contributed by atoms with van der Waals surface area (Å²) in [5, 5.41) is 9.41. The quantitative estimate of drug-likeness (QED) is 0.365. The summed E-state index contributed by atoms with van der Waals surface area (Å²) >= 11 is 0. The van der Waals surface area contributed by atoms with Gasteiger partial charge in [-0.05, 0) is 53.8 Å². The molecule has 0 saturated carbocycles. The number of hydrogen-bond acceptors (Lipinski definition) is 7. The van der Waals surface area contributed by atoms with E-state index in [0.29, 0.717) is 19.5 Å². The van der Waals surface area contributed by atoms with Gasteiger partial charge in [-0.1, -0.05) is 31.2 Å². The van der Waals surface area contributed by atoms with Crippen molar-refractivity contribution in [2.75, 3.05) is 13.1 Å². The third kappa shape index (κ3) is 6.48. The molecule has 1 aromatic heterocycles. The standard InChI is InChI=1S/C29H31F2N3O6/c1-4-23(29(36)37)40-28-25(31)26(38-21-8-9-34(15-21)17(3)35)24(30)27(33-28)39-22-11-16(2)10-20(13-22)19-7-5-6-18(12-19)14-32/h5-7,10-13,21,23H,4,8-9,14-15,32H2,1-3H3,(H,36,37)/t21?,23-/m1/s1. The highest BCUT2D eigenvalue weighted by Gasteiger charge is 2.32. The molecule has 1 amide bonds. The monoisotopic (exact) mass is 555 g/mol.